The van der Waals surface area contributed by atoms with Gasteiger partial charge >= 0.3 is 0 Å². The van der Waals surface area contributed by atoms with E-state index in [2.05, 4.69) is 4.72 Å². The topological polar surface area (TPSA) is 81.4 Å². The largest absolute Gasteiger partial charge is 0.399 e. The lowest BCUT2D eigenvalue weighted by Gasteiger charge is -2.16. The Morgan fingerprint density at radius 3 is 2.28 bits per heavy atom. The van der Waals surface area contributed by atoms with Gasteiger partial charge < -0.3 is 10.5 Å². The molecule has 0 aromatic heterocycles. The van der Waals surface area contributed by atoms with Crippen LogP contribution in [0.15, 0.2) is 17.0 Å². The van der Waals surface area contributed by atoms with Gasteiger partial charge in [-0.3, -0.25) is 0 Å². The van der Waals surface area contributed by atoms with Crippen molar-refractivity contribution in [1.29, 1.82) is 0 Å². The molecule has 0 spiro atoms. The van der Waals surface area contributed by atoms with Crippen molar-refractivity contribution >= 4 is 15.7 Å². The number of rotatable bonds is 5. The zero-order valence-electron chi connectivity index (χ0n) is 11.1. The molecular weight excluding hydrogens is 252 g/mol. The normalized spacial score (nSPS) is 13.6. The van der Waals surface area contributed by atoms with Crippen LogP contribution in [0.5, 0.6) is 0 Å². The minimum atomic E-state index is -3.55. The lowest BCUT2D eigenvalue weighted by molar-refractivity contribution is 0.180. The zero-order valence-corrected chi connectivity index (χ0v) is 12.0. The van der Waals surface area contributed by atoms with Gasteiger partial charge in [-0.15, -0.1) is 0 Å². The number of nitrogen functional groups attached to an aromatic ring is 1. The van der Waals surface area contributed by atoms with Crippen LogP contribution in [0.4, 0.5) is 5.69 Å². The predicted octanol–water partition coefficient (Wildman–Crippen LogP) is 1.20. The average molecular weight is 272 g/mol. The minimum Gasteiger partial charge on any atom is -0.399 e. The molecule has 0 saturated carbocycles. The second-order valence-corrected chi connectivity index (χ2v) is 6.11. The monoisotopic (exact) mass is 272 g/mol. The van der Waals surface area contributed by atoms with Crippen LogP contribution >= 0.6 is 0 Å². The van der Waals surface area contributed by atoms with Crippen LogP contribution in [-0.4, -0.2) is 28.2 Å². The highest BCUT2D eigenvalue weighted by atomic mass is 32.2. The average Bonchev–Trinajstić information content (AvgIpc) is 2.13. The molecule has 0 radical (unpaired) electrons. The van der Waals surface area contributed by atoms with Crippen molar-refractivity contribution in [2.45, 2.75) is 31.7 Å². The lowest BCUT2D eigenvalue weighted by atomic mass is 10.1. The maximum atomic E-state index is 12.3. The van der Waals surface area contributed by atoms with Gasteiger partial charge in [-0.2, -0.15) is 0 Å². The molecule has 0 aliphatic heterocycles. The van der Waals surface area contributed by atoms with Crippen LogP contribution in [0.3, 0.4) is 0 Å². The maximum Gasteiger partial charge on any atom is 0.241 e. The van der Waals surface area contributed by atoms with Crippen LogP contribution in [0.2, 0.25) is 0 Å². The van der Waals surface area contributed by atoms with Crippen molar-refractivity contribution in [2.75, 3.05) is 19.5 Å². The van der Waals surface area contributed by atoms with E-state index in [9.17, 15) is 8.42 Å². The molecule has 0 aliphatic carbocycles. The molecule has 0 bridgehead atoms. The van der Waals surface area contributed by atoms with E-state index in [1.807, 2.05) is 0 Å². The number of benzene rings is 1. The van der Waals surface area contributed by atoms with Crippen molar-refractivity contribution in [3.63, 3.8) is 0 Å². The first-order valence-electron chi connectivity index (χ1n) is 5.66. The van der Waals surface area contributed by atoms with Gasteiger partial charge in [-0.25, -0.2) is 13.1 Å². The zero-order chi connectivity index (χ0) is 13.9. The third kappa shape index (κ3) is 3.44. The molecule has 0 saturated heterocycles. The molecule has 6 heteroatoms. The summed E-state index contributed by atoms with van der Waals surface area (Å²) in [5, 5.41) is 0. The molecular formula is C12H20N2O3S. The Bertz CT molecular complexity index is 503. The molecule has 0 aliphatic rings. The Kier molecular flexibility index (Phi) is 4.72. The van der Waals surface area contributed by atoms with Crippen molar-refractivity contribution in [3.8, 4) is 0 Å². The smallest absolute Gasteiger partial charge is 0.241 e. The predicted molar refractivity (Wildman–Crippen MR) is 72.0 cm³/mol. The third-order valence-corrected chi connectivity index (χ3v) is 4.42. The van der Waals surface area contributed by atoms with Gasteiger partial charge in [0.2, 0.25) is 10.0 Å². The van der Waals surface area contributed by atoms with E-state index in [-0.39, 0.29) is 6.04 Å². The Morgan fingerprint density at radius 1 is 1.33 bits per heavy atom. The first-order valence-corrected chi connectivity index (χ1v) is 7.14. The van der Waals surface area contributed by atoms with E-state index in [1.165, 1.54) is 7.11 Å². The quantitative estimate of drug-likeness (QED) is 0.789. The van der Waals surface area contributed by atoms with Gasteiger partial charge in [0.15, 0.2) is 0 Å². The molecule has 0 fully saturated rings. The first-order chi connectivity index (χ1) is 8.27. The number of sulfonamides is 1. The number of hydrogen-bond donors (Lipinski definition) is 2. The van der Waals surface area contributed by atoms with Gasteiger partial charge in [0.1, 0.15) is 0 Å². The SMILES string of the molecule is COCC(C)NS(=O)(=O)c1c(C)cc(N)cc1C. The molecule has 102 valence electrons. The fourth-order valence-corrected chi connectivity index (χ4v) is 3.70. The second kappa shape index (κ2) is 5.69. The Balaban J connectivity index is 3.13. The van der Waals surface area contributed by atoms with E-state index in [0.29, 0.717) is 28.3 Å². The summed E-state index contributed by atoms with van der Waals surface area (Å²) in [4.78, 5) is 0.291. The highest BCUT2D eigenvalue weighted by Gasteiger charge is 2.21. The minimum absolute atomic E-state index is 0.281. The fraction of sp³-hybridized carbons (Fsp3) is 0.500. The van der Waals surface area contributed by atoms with Gasteiger partial charge in [0, 0.05) is 18.8 Å². The number of nitrogens with one attached hydrogen (secondary N) is 1. The van der Waals surface area contributed by atoms with E-state index in [1.54, 1.807) is 32.9 Å². The summed E-state index contributed by atoms with van der Waals surface area (Å²) in [5.74, 6) is 0. The summed E-state index contributed by atoms with van der Waals surface area (Å²) >= 11 is 0. The van der Waals surface area contributed by atoms with E-state index < -0.39 is 10.0 Å². The number of ether oxygens (including phenoxy) is 1. The molecule has 3 N–H and O–H groups in total. The van der Waals surface area contributed by atoms with E-state index in [4.69, 9.17) is 10.5 Å². The van der Waals surface area contributed by atoms with Gasteiger partial charge in [-0.05, 0) is 44.0 Å². The summed E-state index contributed by atoms with van der Waals surface area (Å²) in [5.41, 5.74) is 7.54. The number of methoxy groups -OCH3 is 1. The number of nitrogens with two attached hydrogens (primary N) is 1. The van der Waals surface area contributed by atoms with Crippen LogP contribution in [-0.2, 0) is 14.8 Å². The molecule has 1 aromatic carbocycles. The van der Waals surface area contributed by atoms with Crippen molar-refractivity contribution in [2.24, 2.45) is 0 Å². The van der Waals surface area contributed by atoms with Gasteiger partial charge in [-0.1, -0.05) is 0 Å². The molecule has 0 amide bonds. The molecule has 1 unspecified atom stereocenters. The maximum absolute atomic E-state index is 12.3. The van der Waals surface area contributed by atoms with Gasteiger partial charge in [0.05, 0.1) is 11.5 Å². The van der Waals surface area contributed by atoms with Crippen molar-refractivity contribution in [3.05, 3.63) is 23.3 Å². The molecule has 0 heterocycles. The molecule has 1 aromatic rings. The van der Waals surface area contributed by atoms with Gasteiger partial charge in [0.25, 0.3) is 0 Å². The standard InChI is InChI=1S/C12H20N2O3S/c1-8-5-11(13)6-9(2)12(8)18(15,16)14-10(3)7-17-4/h5-6,10,14H,7,13H2,1-4H3. The van der Waals surface area contributed by atoms with Crippen LogP contribution in [0, 0.1) is 13.8 Å². The van der Waals surface area contributed by atoms with Crippen LogP contribution < -0.4 is 10.5 Å². The molecule has 1 rings (SSSR count). The Hall–Kier alpha value is -1.11. The summed E-state index contributed by atoms with van der Waals surface area (Å²) < 4.78 is 32.0. The Morgan fingerprint density at radius 2 is 1.83 bits per heavy atom. The highest BCUT2D eigenvalue weighted by Crippen LogP contribution is 2.23. The second-order valence-electron chi connectivity index (χ2n) is 4.46. The summed E-state index contributed by atoms with van der Waals surface area (Å²) in [6.45, 7) is 5.55. The third-order valence-electron chi connectivity index (χ3n) is 2.52. The summed E-state index contributed by atoms with van der Waals surface area (Å²) in [7, 11) is -2.01. The van der Waals surface area contributed by atoms with Crippen molar-refractivity contribution < 1.29 is 13.2 Å². The molecule has 1 atom stereocenters. The lowest BCUT2D eigenvalue weighted by Crippen LogP contribution is -2.36. The van der Waals surface area contributed by atoms with Crippen LogP contribution in [0.1, 0.15) is 18.1 Å². The van der Waals surface area contributed by atoms with E-state index in [0.717, 1.165) is 0 Å². The summed E-state index contributed by atoms with van der Waals surface area (Å²) in [6, 6.07) is 3.03. The first kappa shape index (κ1) is 14.9. The summed E-state index contributed by atoms with van der Waals surface area (Å²) in [6.07, 6.45) is 0. The number of anilines is 1. The van der Waals surface area contributed by atoms with E-state index >= 15 is 0 Å². The highest BCUT2D eigenvalue weighted by molar-refractivity contribution is 7.89. The number of hydrogen-bond acceptors (Lipinski definition) is 4. The van der Waals surface area contributed by atoms with Crippen molar-refractivity contribution in [1.82, 2.24) is 4.72 Å². The number of aryl methyl sites for hydroxylation is 2. The molecule has 18 heavy (non-hydrogen) atoms. The van der Waals surface area contributed by atoms with Crippen LogP contribution in [0.25, 0.3) is 0 Å². The Labute approximate surface area is 108 Å². The molecule has 5 nitrogen and oxygen atoms in total. The fourth-order valence-electron chi connectivity index (χ4n) is 2.02.